The van der Waals surface area contributed by atoms with Crippen molar-refractivity contribution in [1.82, 2.24) is 9.80 Å². The summed E-state index contributed by atoms with van der Waals surface area (Å²) < 4.78 is 65.6. The summed E-state index contributed by atoms with van der Waals surface area (Å²) in [5, 5.41) is 12.7. The minimum atomic E-state index is -10.1. The Hall–Kier alpha value is -1.99. The Morgan fingerprint density at radius 1 is 1.20 bits per heavy atom. The zero-order valence-corrected chi connectivity index (χ0v) is 13.7. The van der Waals surface area contributed by atoms with Crippen LogP contribution < -0.4 is 4.90 Å². The molecule has 1 aliphatic heterocycles. The first-order chi connectivity index (χ1) is 11.2. The largest absolute Gasteiger partial charge is 0.505 e. The smallest absolute Gasteiger partial charge is 0.310 e. The molecule has 0 aliphatic carbocycles. The highest BCUT2D eigenvalue weighted by atomic mass is 32.5. The van der Waals surface area contributed by atoms with Gasteiger partial charge in [-0.2, -0.15) is 0 Å². The number of nitrogens with zero attached hydrogens (tertiary/aromatic N) is 4. The number of nitroso groups, excluding NO2 is 1. The lowest BCUT2D eigenvalue weighted by molar-refractivity contribution is 0.111. The van der Waals surface area contributed by atoms with E-state index in [2.05, 4.69) is 5.18 Å². The van der Waals surface area contributed by atoms with Crippen molar-refractivity contribution in [1.29, 1.82) is 0 Å². The molecule has 0 radical (unpaired) electrons. The quantitative estimate of drug-likeness (QED) is 0.471. The maximum atomic E-state index is 13.1. The third-order valence-electron chi connectivity index (χ3n) is 3.49. The molecule has 0 unspecified atom stereocenters. The van der Waals surface area contributed by atoms with E-state index in [-0.39, 0.29) is 45.1 Å². The van der Waals surface area contributed by atoms with E-state index in [1.54, 1.807) is 11.9 Å². The summed E-state index contributed by atoms with van der Waals surface area (Å²) in [4.78, 5) is 23.1. The number of aldehydes is 1. The number of anilines is 1. The van der Waals surface area contributed by atoms with Crippen molar-refractivity contribution in [3.63, 3.8) is 0 Å². The molecule has 1 aromatic rings. The van der Waals surface area contributed by atoms with E-state index in [0.29, 0.717) is 0 Å². The number of phenols is 1. The molecule has 0 aromatic heterocycles. The van der Waals surface area contributed by atoms with Gasteiger partial charge in [0.1, 0.15) is 17.3 Å². The molecule has 142 valence electrons. The van der Waals surface area contributed by atoms with Crippen LogP contribution in [0, 0.1) is 4.91 Å². The van der Waals surface area contributed by atoms with Crippen LogP contribution in [0.25, 0.3) is 0 Å². The van der Waals surface area contributed by atoms with Crippen molar-refractivity contribution in [2.75, 3.05) is 38.6 Å². The fourth-order valence-electron chi connectivity index (χ4n) is 2.50. The number of hydrogen-bond donors (Lipinski definition) is 1. The first-order valence-electron chi connectivity index (χ1n) is 6.76. The van der Waals surface area contributed by atoms with Crippen molar-refractivity contribution >= 4 is 22.2 Å². The SMILES string of the molecule is CN1CN(CN=O)CN(c2cc(S(F)(F)(F)(F)F)cc(C=O)c2O)C1. The number of aromatic hydroxyl groups is 1. The number of carbonyl (C=O) groups excluding carboxylic acids is 1. The van der Waals surface area contributed by atoms with Gasteiger partial charge in [0.2, 0.25) is 0 Å². The Morgan fingerprint density at radius 3 is 2.36 bits per heavy atom. The molecular weight excluding hydrogens is 375 g/mol. The van der Waals surface area contributed by atoms with Crippen LogP contribution in [0.1, 0.15) is 10.4 Å². The highest BCUT2D eigenvalue weighted by molar-refractivity contribution is 8.45. The van der Waals surface area contributed by atoms with Crippen molar-refractivity contribution in [3.8, 4) is 5.75 Å². The number of phenolic OH excluding ortho intramolecular Hbond substituents is 1. The zero-order chi connectivity index (χ0) is 19.1. The molecule has 1 aromatic carbocycles. The van der Waals surface area contributed by atoms with Crippen LogP contribution in [0.3, 0.4) is 0 Å². The maximum absolute atomic E-state index is 13.1. The molecule has 13 heteroatoms. The monoisotopic (exact) mass is 390 g/mol. The molecule has 7 nitrogen and oxygen atoms in total. The maximum Gasteiger partial charge on any atom is 0.310 e. The first-order valence-corrected chi connectivity index (χ1v) is 8.71. The number of halogens is 5. The molecule has 0 saturated carbocycles. The number of benzene rings is 1. The van der Waals surface area contributed by atoms with Gasteiger partial charge in [-0.05, 0) is 19.2 Å². The van der Waals surface area contributed by atoms with E-state index in [4.69, 9.17) is 0 Å². The van der Waals surface area contributed by atoms with Gasteiger partial charge in [-0.25, -0.2) is 0 Å². The number of carbonyl (C=O) groups is 1. The minimum absolute atomic E-state index is 0.0228. The molecule has 1 N–H and O–H groups in total. The van der Waals surface area contributed by atoms with E-state index < -0.39 is 32.1 Å². The fourth-order valence-corrected chi connectivity index (χ4v) is 3.18. The lowest BCUT2D eigenvalue weighted by Crippen LogP contribution is -2.53. The van der Waals surface area contributed by atoms with Gasteiger partial charge in [0, 0.05) is 0 Å². The summed E-state index contributed by atoms with van der Waals surface area (Å²) in [6.07, 6.45) is -0.135. The average molecular weight is 390 g/mol. The zero-order valence-electron chi connectivity index (χ0n) is 12.9. The van der Waals surface area contributed by atoms with Crippen LogP contribution >= 0.6 is 10.2 Å². The summed E-state index contributed by atoms with van der Waals surface area (Å²) >= 11 is 0. The van der Waals surface area contributed by atoms with Gasteiger partial charge < -0.3 is 10.0 Å². The van der Waals surface area contributed by atoms with Crippen LogP contribution in [0.4, 0.5) is 25.1 Å². The normalized spacial score (nSPS) is 20.0. The van der Waals surface area contributed by atoms with E-state index in [0.717, 1.165) is 4.90 Å². The Balaban J connectivity index is 2.57. The van der Waals surface area contributed by atoms with Crippen LogP contribution in [-0.4, -0.2) is 54.9 Å². The van der Waals surface area contributed by atoms with Crippen LogP contribution in [0.2, 0.25) is 0 Å². The third-order valence-corrected chi connectivity index (χ3v) is 4.61. The van der Waals surface area contributed by atoms with Gasteiger partial charge in [0.15, 0.2) is 6.29 Å². The minimum Gasteiger partial charge on any atom is -0.505 e. The van der Waals surface area contributed by atoms with Crippen LogP contribution in [0.5, 0.6) is 5.75 Å². The van der Waals surface area contributed by atoms with Gasteiger partial charge in [-0.15, -0.1) is 4.91 Å². The van der Waals surface area contributed by atoms with Crippen molar-refractivity contribution < 1.29 is 29.3 Å². The summed E-state index contributed by atoms with van der Waals surface area (Å²) in [6, 6.07) is 0.0291. The third kappa shape index (κ3) is 4.35. The second-order valence-corrected chi connectivity index (χ2v) is 8.14. The second-order valence-electron chi connectivity index (χ2n) is 5.73. The predicted octanol–water partition coefficient (Wildman–Crippen LogP) is 3.51. The fraction of sp³-hybridized carbons (Fsp3) is 0.417. The van der Waals surface area contributed by atoms with E-state index in [9.17, 15) is 34.2 Å². The summed E-state index contributed by atoms with van der Waals surface area (Å²) in [5.41, 5.74) is -1.50. The lowest BCUT2D eigenvalue weighted by atomic mass is 10.1. The van der Waals surface area contributed by atoms with Gasteiger partial charge in [-0.3, -0.25) is 14.6 Å². The summed E-state index contributed by atoms with van der Waals surface area (Å²) in [7, 11) is -8.49. The van der Waals surface area contributed by atoms with Crippen LogP contribution in [-0.2, 0) is 0 Å². The predicted molar refractivity (Wildman–Crippen MR) is 82.2 cm³/mol. The van der Waals surface area contributed by atoms with Crippen molar-refractivity contribution in [2.24, 2.45) is 5.18 Å². The molecule has 1 saturated heterocycles. The Morgan fingerprint density at radius 2 is 1.84 bits per heavy atom. The highest BCUT2D eigenvalue weighted by Crippen LogP contribution is 3.02. The molecule has 0 bridgehead atoms. The Bertz CT molecular complexity index is 715. The molecule has 0 amide bonds. The molecule has 1 heterocycles. The topological polar surface area (TPSA) is 76.5 Å². The van der Waals surface area contributed by atoms with Gasteiger partial charge in [0.05, 0.1) is 31.3 Å². The van der Waals surface area contributed by atoms with Gasteiger partial charge in [-0.1, -0.05) is 24.6 Å². The Labute approximate surface area is 139 Å². The second kappa shape index (κ2) is 5.51. The highest BCUT2D eigenvalue weighted by Gasteiger charge is 2.65. The van der Waals surface area contributed by atoms with Gasteiger partial charge >= 0.3 is 10.2 Å². The Kier molecular flexibility index (Phi) is 4.26. The van der Waals surface area contributed by atoms with E-state index >= 15 is 0 Å². The van der Waals surface area contributed by atoms with Crippen molar-refractivity contribution in [3.05, 3.63) is 22.6 Å². The molecule has 0 atom stereocenters. The number of hydrogen-bond acceptors (Lipinski definition) is 7. The summed E-state index contributed by atoms with van der Waals surface area (Å²) in [6.45, 7) is -0.204. The van der Waals surface area contributed by atoms with Crippen molar-refractivity contribution in [2.45, 2.75) is 4.90 Å². The first kappa shape index (κ1) is 19.3. The number of rotatable bonds is 5. The molecule has 25 heavy (non-hydrogen) atoms. The molecule has 1 aliphatic rings. The lowest BCUT2D eigenvalue weighted by Gasteiger charge is -2.43. The van der Waals surface area contributed by atoms with E-state index in [1.165, 1.54) is 4.90 Å². The standard InChI is InChI=1S/C12H15F5N4O3S/c1-19-6-20(5-18-24)8-21(7-19)11-3-10(25(13,14,15,16)17)2-9(4-22)12(11)23/h2-4,23H,5-8H2,1H3. The average Bonchev–Trinajstić information content (AvgIpc) is 2.44. The molecule has 0 spiro atoms. The molecular formula is C12H15F5N4O3S. The summed E-state index contributed by atoms with van der Waals surface area (Å²) in [5.74, 6) is -0.852. The molecule has 2 rings (SSSR count). The molecule has 1 fully saturated rings. The van der Waals surface area contributed by atoms with E-state index in [1.807, 2.05) is 0 Å². The van der Waals surface area contributed by atoms with Gasteiger partial charge in [0.25, 0.3) is 0 Å². The van der Waals surface area contributed by atoms with Crippen LogP contribution in [0.15, 0.2) is 22.2 Å².